The third-order valence-electron chi connectivity index (χ3n) is 5.64. The average Bonchev–Trinajstić information content (AvgIpc) is 3.14. The first-order valence-electron chi connectivity index (χ1n) is 11.2. The van der Waals surface area contributed by atoms with Crippen LogP contribution in [0.25, 0.3) is 11.1 Å². The summed E-state index contributed by atoms with van der Waals surface area (Å²) in [4.78, 5) is 34.0. The maximum atomic E-state index is 12.1. The van der Waals surface area contributed by atoms with Crippen LogP contribution < -0.4 is 11.1 Å². The molecular weight excluding hydrogens is 440 g/mol. The van der Waals surface area contributed by atoms with E-state index in [2.05, 4.69) is 29.6 Å². The Kier molecular flexibility index (Phi) is 9.42. The van der Waals surface area contributed by atoms with Crippen LogP contribution in [0.2, 0.25) is 0 Å². The highest BCUT2D eigenvalue weighted by Gasteiger charge is 2.28. The molecule has 9 nitrogen and oxygen atoms in total. The number of nitrogens with one attached hydrogen (secondary N) is 1. The minimum atomic E-state index is -1.07. The molecule has 9 heteroatoms. The summed E-state index contributed by atoms with van der Waals surface area (Å²) < 4.78 is 16.2. The van der Waals surface area contributed by atoms with Crippen LogP contribution in [-0.4, -0.2) is 62.7 Å². The number of amides is 2. The number of rotatable bonds is 14. The van der Waals surface area contributed by atoms with Crippen LogP contribution in [-0.2, 0) is 23.8 Å². The Morgan fingerprint density at radius 1 is 0.912 bits per heavy atom. The summed E-state index contributed by atoms with van der Waals surface area (Å²) in [5.74, 6) is -2.56. The molecule has 1 aliphatic carbocycles. The first kappa shape index (κ1) is 25.2. The number of ether oxygens (including phenoxy) is 3. The molecule has 3 rings (SSSR count). The number of hydrogen-bond donors (Lipinski definition) is 3. The van der Waals surface area contributed by atoms with Gasteiger partial charge < -0.3 is 30.4 Å². The topological polar surface area (TPSA) is 137 Å². The molecule has 34 heavy (non-hydrogen) atoms. The second-order valence-corrected chi connectivity index (χ2v) is 7.97. The molecule has 1 atom stereocenters. The number of hydrogen-bond acceptors (Lipinski definition) is 6. The molecule has 0 spiro atoms. The third-order valence-corrected chi connectivity index (χ3v) is 5.64. The fourth-order valence-electron chi connectivity index (χ4n) is 3.98. The molecule has 0 aliphatic heterocycles. The van der Waals surface area contributed by atoms with Crippen molar-refractivity contribution in [3.8, 4) is 11.1 Å². The molecule has 0 fully saturated rings. The number of primary amides is 1. The Hall–Kier alpha value is -3.43. The molecule has 1 aliphatic rings. The fraction of sp³-hybridized carbons (Fsp3) is 0.400. The number of alkyl carbamates (subject to hydrolysis) is 1. The largest absolute Gasteiger partial charge is 0.481 e. The van der Waals surface area contributed by atoms with E-state index >= 15 is 0 Å². The van der Waals surface area contributed by atoms with E-state index in [0.29, 0.717) is 6.61 Å². The Morgan fingerprint density at radius 2 is 1.50 bits per heavy atom. The Balaban J connectivity index is 1.27. The third kappa shape index (κ3) is 7.03. The zero-order chi connectivity index (χ0) is 24.3. The van der Waals surface area contributed by atoms with Crippen molar-refractivity contribution in [2.75, 3.05) is 39.6 Å². The number of carboxylic acids is 1. The van der Waals surface area contributed by atoms with Gasteiger partial charge in [-0.3, -0.25) is 9.59 Å². The Bertz CT molecular complexity index is 949. The monoisotopic (exact) mass is 470 g/mol. The molecule has 2 amide bonds. The minimum absolute atomic E-state index is 0.00949. The highest BCUT2D eigenvalue weighted by atomic mass is 16.6. The van der Waals surface area contributed by atoms with Gasteiger partial charge in [0.15, 0.2) is 0 Å². The average molecular weight is 471 g/mol. The molecule has 1 unspecified atom stereocenters. The molecular formula is C25H30N2O7. The molecule has 2 aromatic rings. The van der Waals surface area contributed by atoms with Crippen molar-refractivity contribution in [3.63, 3.8) is 0 Å². The number of carbonyl (C=O) groups excluding carboxylic acids is 2. The summed E-state index contributed by atoms with van der Waals surface area (Å²) >= 11 is 0. The van der Waals surface area contributed by atoms with Gasteiger partial charge in [0.05, 0.1) is 25.7 Å². The van der Waals surface area contributed by atoms with Gasteiger partial charge in [-0.1, -0.05) is 48.5 Å². The molecule has 4 N–H and O–H groups in total. The van der Waals surface area contributed by atoms with Crippen LogP contribution in [0.4, 0.5) is 4.79 Å². The normalized spacial score (nSPS) is 13.1. The van der Waals surface area contributed by atoms with E-state index in [1.807, 2.05) is 24.3 Å². The maximum Gasteiger partial charge on any atom is 0.407 e. The lowest BCUT2D eigenvalue weighted by Crippen LogP contribution is -2.29. The van der Waals surface area contributed by atoms with E-state index in [1.54, 1.807) is 0 Å². The molecule has 0 saturated heterocycles. The van der Waals surface area contributed by atoms with Crippen molar-refractivity contribution in [2.24, 2.45) is 11.7 Å². The van der Waals surface area contributed by atoms with Crippen LogP contribution in [0.1, 0.15) is 29.9 Å². The van der Waals surface area contributed by atoms with Crippen molar-refractivity contribution >= 4 is 18.0 Å². The molecule has 0 saturated carbocycles. The number of carboxylic acid groups (broad SMARTS) is 1. The van der Waals surface area contributed by atoms with Gasteiger partial charge in [-0.15, -0.1) is 0 Å². The Labute approximate surface area is 198 Å². The smallest absolute Gasteiger partial charge is 0.407 e. The van der Waals surface area contributed by atoms with Crippen molar-refractivity contribution < 1.29 is 33.7 Å². The summed E-state index contributed by atoms with van der Waals surface area (Å²) in [5, 5.41) is 11.7. The maximum absolute atomic E-state index is 12.1. The van der Waals surface area contributed by atoms with Crippen LogP contribution in [0.5, 0.6) is 0 Å². The molecule has 0 bridgehead atoms. The molecule has 2 aromatic carbocycles. The second-order valence-electron chi connectivity index (χ2n) is 7.97. The first-order valence-corrected chi connectivity index (χ1v) is 11.2. The van der Waals surface area contributed by atoms with E-state index in [0.717, 1.165) is 11.1 Å². The summed E-state index contributed by atoms with van der Waals surface area (Å²) in [6.45, 7) is 1.57. The minimum Gasteiger partial charge on any atom is -0.481 e. The lowest BCUT2D eigenvalue weighted by atomic mass is 9.98. The number of benzene rings is 2. The lowest BCUT2D eigenvalue weighted by molar-refractivity contribution is -0.144. The molecule has 0 heterocycles. The predicted octanol–water partition coefficient (Wildman–Crippen LogP) is 2.52. The molecule has 0 radical (unpaired) electrons. The van der Waals surface area contributed by atoms with Crippen molar-refractivity contribution in [3.05, 3.63) is 59.7 Å². The van der Waals surface area contributed by atoms with Gasteiger partial charge in [-0.05, 0) is 28.7 Å². The van der Waals surface area contributed by atoms with Gasteiger partial charge in [-0.2, -0.15) is 0 Å². The van der Waals surface area contributed by atoms with Gasteiger partial charge in [-0.25, -0.2) is 4.79 Å². The number of fused-ring (bicyclic) bond motifs is 3. The highest BCUT2D eigenvalue weighted by Crippen LogP contribution is 2.44. The van der Waals surface area contributed by atoms with Crippen LogP contribution in [0.15, 0.2) is 48.5 Å². The van der Waals surface area contributed by atoms with Crippen molar-refractivity contribution in [1.82, 2.24) is 5.32 Å². The predicted molar refractivity (Wildman–Crippen MR) is 124 cm³/mol. The quantitative estimate of drug-likeness (QED) is 0.361. The van der Waals surface area contributed by atoms with Gasteiger partial charge in [0.1, 0.15) is 6.61 Å². The number of aliphatic carboxylic acids is 1. The van der Waals surface area contributed by atoms with E-state index in [4.69, 9.17) is 25.1 Å². The fourth-order valence-corrected chi connectivity index (χ4v) is 3.98. The summed E-state index contributed by atoms with van der Waals surface area (Å²) in [6.07, 6.45) is -0.519. The number of carbonyl (C=O) groups is 3. The first-order chi connectivity index (χ1) is 16.5. The number of nitrogens with two attached hydrogens (primary N) is 1. The van der Waals surface area contributed by atoms with E-state index < -0.39 is 23.9 Å². The molecule has 182 valence electrons. The van der Waals surface area contributed by atoms with Crippen molar-refractivity contribution in [1.29, 1.82) is 0 Å². The van der Waals surface area contributed by atoms with Gasteiger partial charge in [0, 0.05) is 25.5 Å². The van der Waals surface area contributed by atoms with Crippen molar-refractivity contribution in [2.45, 2.75) is 18.8 Å². The second kappa shape index (κ2) is 12.7. The van der Waals surface area contributed by atoms with Gasteiger partial charge >= 0.3 is 12.1 Å². The summed E-state index contributed by atoms with van der Waals surface area (Å²) in [6, 6.07) is 16.3. The van der Waals surface area contributed by atoms with Crippen LogP contribution in [0.3, 0.4) is 0 Å². The van der Waals surface area contributed by atoms with Gasteiger partial charge in [0.2, 0.25) is 5.91 Å². The zero-order valence-electron chi connectivity index (χ0n) is 18.9. The van der Waals surface area contributed by atoms with E-state index in [1.165, 1.54) is 11.1 Å². The SMILES string of the molecule is NC(=O)CC(CCOCCOCCNC(=O)OCC1c2ccccc2-c2ccccc21)C(=O)O. The summed E-state index contributed by atoms with van der Waals surface area (Å²) in [7, 11) is 0. The molecule has 0 aromatic heterocycles. The highest BCUT2D eigenvalue weighted by molar-refractivity contribution is 5.81. The van der Waals surface area contributed by atoms with Gasteiger partial charge in [0.25, 0.3) is 0 Å². The van der Waals surface area contributed by atoms with E-state index in [9.17, 15) is 14.4 Å². The summed E-state index contributed by atoms with van der Waals surface area (Å²) in [5.41, 5.74) is 9.70. The Morgan fingerprint density at radius 3 is 2.09 bits per heavy atom. The lowest BCUT2D eigenvalue weighted by Gasteiger charge is -2.14. The van der Waals surface area contributed by atoms with Crippen LogP contribution in [0, 0.1) is 5.92 Å². The van der Waals surface area contributed by atoms with Crippen LogP contribution >= 0.6 is 0 Å². The van der Waals surface area contributed by atoms with E-state index in [-0.39, 0.29) is 51.7 Å². The standard InChI is InChI=1S/C25H30N2O7/c26-23(28)15-17(24(29)30)9-11-32-13-14-33-12-10-27-25(31)34-16-22-20-7-3-1-5-18(20)19-6-2-4-8-21(19)22/h1-8,17,22H,9-16H2,(H2,26,28)(H,27,31)(H,29,30). The zero-order valence-corrected chi connectivity index (χ0v) is 18.9.